The number of piperazine rings is 1. The van der Waals surface area contributed by atoms with Crippen LogP contribution in [0.25, 0.3) is 0 Å². The summed E-state index contributed by atoms with van der Waals surface area (Å²) in [6, 6.07) is 8.08. The molecule has 1 aromatic heterocycles. The van der Waals surface area contributed by atoms with Crippen molar-refractivity contribution in [3.05, 3.63) is 29.8 Å². The second-order valence-electron chi connectivity index (χ2n) is 7.30. The van der Waals surface area contributed by atoms with Crippen LogP contribution in [0.15, 0.2) is 24.3 Å². The average Bonchev–Trinajstić information content (AvgIpc) is 2.79. The maximum atomic E-state index is 11.8. The van der Waals surface area contributed by atoms with E-state index in [1.807, 2.05) is 31.2 Å². The van der Waals surface area contributed by atoms with Crippen LogP contribution in [0.5, 0.6) is 0 Å². The van der Waals surface area contributed by atoms with Gasteiger partial charge in [-0.25, -0.2) is 4.79 Å². The molecule has 0 radical (unpaired) electrons. The zero-order valence-corrected chi connectivity index (χ0v) is 17.4. The number of ether oxygens (including phenoxy) is 2. The second-order valence-corrected chi connectivity index (χ2v) is 7.30. The summed E-state index contributed by atoms with van der Waals surface area (Å²) in [7, 11) is 1.40. The number of carbonyl (C=O) groups is 1. The Kier molecular flexibility index (Phi) is 6.12. The number of hydrogen-bond donors (Lipinski definition) is 1. The van der Waals surface area contributed by atoms with Crippen molar-refractivity contribution in [1.82, 2.24) is 19.9 Å². The predicted molar refractivity (Wildman–Crippen MR) is 114 cm³/mol. The molecule has 10 heteroatoms. The number of nitrogens with one attached hydrogen (secondary N) is 1. The molecule has 2 aliphatic heterocycles. The average molecular weight is 413 g/mol. The van der Waals surface area contributed by atoms with Crippen LogP contribution in [0.1, 0.15) is 5.56 Å². The van der Waals surface area contributed by atoms with Crippen LogP contribution >= 0.6 is 0 Å². The Hall–Kier alpha value is -3.14. The lowest BCUT2D eigenvalue weighted by Gasteiger charge is -2.34. The summed E-state index contributed by atoms with van der Waals surface area (Å²) in [6.07, 6.45) is -0.305. The van der Waals surface area contributed by atoms with Gasteiger partial charge in [-0.15, -0.1) is 0 Å². The molecule has 0 unspecified atom stereocenters. The number of carbonyl (C=O) groups excluding carboxylic acids is 1. The lowest BCUT2D eigenvalue weighted by atomic mass is 10.2. The molecule has 0 atom stereocenters. The summed E-state index contributed by atoms with van der Waals surface area (Å²) in [5.41, 5.74) is 2.08. The van der Waals surface area contributed by atoms with Gasteiger partial charge in [0.25, 0.3) is 0 Å². The molecular formula is C20H27N7O3. The Labute approximate surface area is 175 Å². The second kappa shape index (κ2) is 9.12. The van der Waals surface area contributed by atoms with Crippen molar-refractivity contribution >= 4 is 29.6 Å². The first-order chi connectivity index (χ1) is 14.6. The summed E-state index contributed by atoms with van der Waals surface area (Å²) in [5, 5.41) is 3.31. The summed E-state index contributed by atoms with van der Waals surface area (Å²) in [6.45, 7) is 7.21. The lowest BCUT2D eigenvalue weighted by Crippen LogP contribution is -2.49. The fourth-order valence-corrected chi connectivity index (χ4v) is 3.53. The van der Waals surface area contributed by atoms with Crippen LogP contribution in [0.4, 0.5) is 28.3 Å². The van der Waals surface area contributed by atoms with E-state index in [2.05, 4.69) is 25.1 Å². The molecule has 160 valence electrons. The molecule has 2 fully saturated rings. The topological polar surface area (TPSA) is 96.0 Å². The van der Waals surface area contributed by atoms with Crippen molar-refractivity contribution in [2.75, 3.05) is 74.7 Å². The molecule has 30 heavy (non-hydrogen) atoms. The summed E-state index contributed by atoms with van der Waals surface area (Å²) < 4.78 is 10.3. The van der Waals surface area contributed by atoms with E-state index in [0.29, 0.717) is 57.2 Å². The third-order valence-electron chi connectivity index (χ3n) is 5.18. The van der Waals surface area contributed by atoms with E-state index in [1.54, 1.807) is 4.90 Å². The number of aryl methyl sites for hydroxylation is 1. The Balaban J connectivity index is 1.58. The van der Waals surface area contributed by atoms with Crippen LogP contribution in [-0.2, 0) is 9.47 Å². The van der Waals surface area contributed by atoms with Gasteiger partial charge in [-0.05, 0) is 24.6 Å². The van der Waals surface area contributed by atoms with E-state index in [9.17, 15) is 4.79 Å². The molecule has 0 saturated carbocycles. The molecule has 1 aromatic carbocycles. The van der Waals surface area contributed by atoms with Crippen molar-refractivity contribution in [3.8, 4) is 0 Å². The van der Waals surface area contributed by atoms with Gasteiger partial charge in [0, 0.05) is 45.0 Å². The number of benzene rings is 1. The number of amides is 1. The largest absolute Gasteiger partial charge is 0.453 e. The lowest BCUT2D eigenvalue weighted by molar-refractivity contribution is 0.121. The van der Waals surface area contributed by atoms with Crippen molar-refractivity contribution in [1.29, 1.82) is 0 Å². The Morgan fingerprint density at radius 1 is 1.00 bits per heavy atom. The first kappa shape index (κ1) is 20.1. The van der Waals surface area contributed by atoms with Gasteiger partial charge in [0.15, 0.2) is 0 Å². The van der Waals surface area contributed by atoms with Gasteiger partial charge in [0.2, 0.25) is 17.8 Å². The maximum absolute atomic E-state index is 11.8. The molecular weight excluding hydrogens is 386 g/mol. The number of nitrogens with zero attached hydrogens (tertiary/aromatic N) is 6. The normalized spacial score (nSPS) is 17.1. The van der Waals surface area contributed by atoms with Crippen LogP contribution in [0.2, 0.25) is 0 Å². The number of aromatic nitrogens is 3. The van der Waals surface area contributed by atoms with E-state index in [4.69, 9.17) is 14.5 Å². The standard InChI is InChI=1S/C20H27N7O3/c1-15-4-3-5-16(14-15)21-17-22-18(24-19(23-17)26-10-12-30-13-11-26)25-6-8-27(9-7-25)20(28)29-2/h3-5,14H,6-13H2,1-2H3,(H,21,22,23,24). The molecule has 1 amide bonds. The fraction of sp³-hybridized carbons (Fsp3) is 0.500. The maximum Gasteiger partial charge on any atom is 0.409 e. The van der Waals surface area contributed by atoms with Gasteiger partial charge in [0.1, 0.15) is 0 Å². The minimum Gasteiger partial charge on any atom is -0.453 e. The Morgan fingerprint density at radius 2 is 1.67 bits per heavy atom. The molecule has 2 aliphatic rings. The van der Waals surface area contributed by atoms with E-state index >= 15 is 0 Å². The highest BCUT2D eigenvalue weighted by atomic mass is 16.5. The monoisotopic (exact) mass is 413 g/mol. The molecule has 4 rings (SSSR count). The van der Waals surface area contributed by atoms with Gasteiger partial charge >= 0.3 is 6.09 Å². The molecule has 0 aliphatic carbocycles. The minimum absolute atomic E-state index is 0.305. The Morgan fingerprint density at radius 3 is 2.30 bits per heavy atom. The third-order valence-corrected chi connectivity index (χ3v) is 5.18. The molecule has 0 spiro atoms. The number of methoxy groups -OCH3 is 1. The van der Waals surface area contributed by atoms with Crippen molar-refractivity contribution < 1.29 is 14.3 Å². The summed E-state index contributed by atoms with van der Waals surface area (Å²) >= 11 is 0. The quantitative estimate of drug-likeness (QED) is 0.802. The first-order valence-electron chi connectivity index (χ1n) is 10.1. The van der Waals surface area contributed by atoms with Gasteiger partial charge in [-0.1, -0.05) is 12.1 Å². The van der Waals surface area contributed by atoms with Crippen LogP contribution < -0.4 is 15.1 Å². The molecule has 1 N–H and O–H groups in total. The van der Waals surface area contributed by atoms with Crippen LogP contribution in [0.3, 0.4) is 0 Å². The molecule has 3 heterocycles. The smallest absolute Gasteiger partial charge is 0.409 e. The minimum atomic E-state index is -0.305. The predicted octanol–water partition coefficient (Wildman–Crippen LogP) is 1.65. The van der Waals surface area contributed by atoms with Crippen LogP contribution in [0, 0.1) is 6.92 Å². The first-order valence-corrected chi connectivity index (χ1v) is 10.1. The van der Waals surface area contributed by atoms with Gasteiger partial charge < -0.3 is 29.5 Å². The number of morpholine rings is 1. The van der Waals surface area contributed by atoms with E-state index in [-0.39, 0.29) is 6.09 Å². The number of anilines is 4. The van der Waals surface area contributed by atoms with E-state index < -0.39 is 0 Å². The van der Waals surface area contributed by atoms with Crippen LogP contribution in [-0.4, -0.2) is 85.5 Å². The zero-order chi connectivity index (χ0) is 20.9. The molecule has 0 bridgehead atoms. The summed E-state index contributed by atoms with van der Waals surface area (Å²) in [4.78, 5) is 31.7. The number of rotatable bonds is 4. The third kappa shape index (κ3) is 4.70. The van der Waals surface area contributed by atoms with E-state index in [1.165, 1.54) is 7.11 Å². The zero-order valence-electron chi connectivity index (χ0n) is 17.4. The van der Waals surface area contributed by atoms with Gasteiger partial charge in [0.05, 0.1) is 20.3 Å². The molecule has 2 aromatic rings. The highest BCUT2D eigenvalue weighted by Crippen LogP contribution is 2.22. The summed E-state index contributed by atoms with van der Waals surface area (Å²) in [5.74, 6) is 1.74. The fourth-order valence-electron chi connectivity index (χ4n) is 3.53. The SMILES string of the molecule is COC(=O)N1CCN(c2nc(Nc3cccc(C)c3)nc(N3CCOCC3)n2)CC1. The van der Waals surface area contributed by atoms with E-state index in [0.717, 1.165) is 24.3 Å². The highest BCUT2D eigenvalue weighted by molar-refractivity contribution is 5.68. The van der Waals surface area contributed by atoms with Gasteiger partial charge in [-0.3, -0.25) is 0 Å². The number of hydrogen-bond acceptors (Lipinski definition) is 9. The molecule has 2 saturated heterocycles. The van der Waals surface area contributed by atoms with Crippen molar-refractivity contribution in [2.24, 2.45) is 0 Å². The van der Waals surface area contributed by atoms with Crippen molar-refractivity contribution in [2.45, 2.75) is 6.92 Å². The van der Waals surface area contributed by atoms with Crippen molar-refractivity contribution in [3.63, 3.8) is 0 Å². The highest BCUT2D eigenvalue weighted by Gasteiger charge is 2.25. The van der Waals surface area contributed by atoms with Gasteiger partial charge in [-0.2, -0.15) is 15.0 Å². The molecule has 10 nitrogen and oxygen atoms in total. The Bertz CT molecular complexity index is 880.